The summed E-state index contributed by atoms with van der Waals surface area (Å²) in [4.78, 5) is 31.5. The Bertz CT molecular complexity index is 826. The monoisotopic (exact) mass is 415 g/mol. The largest absolute Gasteiger partial charge is 0.384 e. The van der Waals surface area contributed by atoms with Crippen molar-refractivity contribution in [1.29, 1.82) is 0 Å². The van der Waals surface area contributed by atoms with Crippen LogP contribution >= 0.6 is 0 Å². The van der Waals surface area contributed by atoms with Gasteiger partial charge in [0.2, 0.25) is 11.8 Å². The lowest BCUT2D eigenvalue weighted by atomic mass is 10.0. The zero-order valence-corrected chi connectivity index (χ0v) is 17.7. The van der Waals surface area contributed by atoms with Crippen molar-refractivity contribution in [1.82, 2.24) is 20.5 Å². The van der Waals surface area contributed by atoms with Gasteiger partial charge in [0, 0.05) is 19.2 Å². The number of benzene rings is 1. The van der Waals surface area contributed by atoms with E-state index in [9.17, 15) is 14.0 Å². The molecule has 162 valence electrons. The summed E-state index contributed by atoms with van der Waals surface area (Å²) in [6.07, 6.45) is 2.76. The number of nitrogens with two attached hydrogens (primary N) is 1. The van der Waals surface area contributed by atoms with Crippen LogP contribution < -0.4 is 16.4 Å². The van der Waals surface area contributed by atoms with Crippen molar-refractivity contribution < 1.29 is 14.0 Å². The number of anilines is 1. The number of pyridine rings is 1. The minimum atomic E-state index is -0.790. The topological polar surface area (TPSA) is 100 Å². The third kappa shape index (κ3) is 7.11. The summed E-state index contributed by atoms with van der Waals surface area (Å²) in [7, 11) is 1.87. The number of nitrogens with one attached hydrogen (secondary N) is 2. The molecule has 7 nitrogen and oxygen atoms in total. The molecule has 8 heteroatoms. The standard InChI is InChI=1S/C22H30FN5O2/c1-4-11-28(3)15(2)21(29)27-19(12-16-5-8-18(23)9-6-16)22(30)26-14-17-7-10-20(24)25-13-17/h5-10,13,15,19H,4,11-12,14H2,1-3H3,(H2,24,25)(H,26,30)(H,27,29)/t15?,19-/m0/s1. The lowest BCUT2D eigenvalue weighted by Crippen LogP contribution is -2.53. The highest BCUT2D eigenvalue weighted by Crippen LogP contribution is 2.08. The molecule has 2 atom stereocenters. The van der Waals surface area contributed by atoms with Gasteiger partial charge in [-0.2, -0.15) is 0 Å². The molecule has 0 aliphatic carbocycles. The van der Waals surface area contributed by atoms with Crippen molar-refractivity contribution in [2.24, 2.45) is 0 Å². The fourth-order valence-electron chi connectivity index (χ4n) is 2.96. The van der Waals surface area contributed by atoms with E-state index in [1.54, 1.807) is 37.4 Å². The van der Waals surface area contributed by atoms with Gasteiger partial charge in [0.1, 0.15) is 17.7 Å². The summed E-state index contributed by atoms with van der Waals surface area (Å²) >= 11 is 0. The second kappa shape index (κ2) is 11.3. The molecule has 2 amide bonds. The van der Waals surface area contributed by atoms with Crippen LogP contribution in [0.2, 0.25) is 0 Å². The summed E-state index contributed by atoms with van der Waals surface area (Å²) in [5.41, 5.74) is 7.12. The Morgan fingerprint density at radius 3 is 2.40 bits per heavy atom. The number of amides is 2. The third-order valence-electron chi connectivity index (χ3n) is 4.92. The first-order valence-corrected chi connectivity index (χ1v) is 10.0. The Kier molecular flexibility index (Phi) is 8.73. The van der Waals surface area contributed by atoms with Gasteiger partial charge in [0.05, 0.1) is 6.04 Å². The van der Waals surface area contributed by atoms with E-state index in [1.165, 1.54) is 12.1 Å². The Labute approximate surface area is 176 Å². The molecular formula is C22H30FN5O2. The highest BCUT2D eigenvalue weighted by molar-refractivity contribution is 5.89. The molecule has 1 aromatic heterocycles. The van der Waals surface area contributed by atoms with Crippen molar-refractivity contribution in [2.75, 3.05) is 19.3 Å². The van der Waals surface area contributed by atoms with Crippen LogP contribution in [0.5, 0.6) is 0 Å². The molecule has 1 aromatic carbocycles. The molecule has 0 fully saturated rings. The van der Waals surface area contributed by atoms with E-state index in [4.69, 9.17) is 5.73 Å². The van der Waals surface area contributed by atoms with Crippen molar-refractivity contribution in [3.8, 4) is 0 Å². The number of rotatable bonds is 10. The second-order valence-corrected chi connectivity index (χ2v) is 7.36. The van der Waals surface area contributed by atoms with Gasteiger partial charge in [0.25, 0.3) is 0 Å². The van der Waals surface area contributed by atoms with Crippen molar-refractivity contribution in [2.45, 2.75) is 45.3 Å². The molecular weight excluding hydrogens is 385 g/mol. The molecule has 0 spiro atoms. The second-order valence-electron chi connectivity index (χ2n) is 7.36. The third-order valence-corrected chi connectivity index (χ3v) is 4.92. The van der Waals surface area contributed by atoms with Crippen LogP contribution in [0.15, 0.2) is 42.6 Å². The van der Waals surface area contributed by atoms with Crippen molar-refractivity contribution in [3.63, 3.8) is 0 Å². The van der Waals surface area contributed by atoms with Gasteiger partial charge in [-0.3, -0.25) is 14.5 Å². The number of aromatic nitrogens is 1. The molecule has 0 saturated carbocycles. The maximum Gasteiger partial charge on any atom is 0.243 e. The summed E-state index contributed by atoms with van der Waals surface area (Å²) in [5, 5.41) is 5.67. The Morgan fingerprint density at radius 1 is 1.13 bits per heavy atom. The fraction of sp³-hybridized carbons (Fsp3) is 0.409. The number of nitrogen functional groups attached to an aromatic ring is 1. The van der Waals surface area contributed by atoms with Gasteiger partial charge in [-0.15, -0.1) is 0 Å². The fourth-order valence-corrected chi connectivity index (χ4v) is 2.96. The van der Waals surface area contributed by atoms with Gasteiger partial charge < -0.3 is 16.4 Å². The summed E-state index contributed by atoms with van der Waals surface area (Å²) < 4.78 is 13.2. The van der Waals surface area contributed by atoms with Crippen LogP contribution in [-0.4, -0.2) is 47.4 Å². The smallest absolute Gasteiger partial charge is 0.243 e. The number of hydrogen-bond donors (Lipinski definition) is 3. The predicted molar refractivity (Wildman–Crippen MR) is 115 cm³/mol. The highest BCUT2D eigenvalue weighted by atomic mass is 19.1. The van der Waals surface area contributed by atoms with E-state index < -0.39 is 6.04 Å². The van der Waals surface area contributed by atoms with Gasteiger partial charge in [-0.05, 0) is 56.3 Å². The van der Waals surface area contributed by atoms with E-state index in [0.29, 0.717) is 5.82 Å². The Balaban J connectivity index is 2.08. The number of nitrogens with zero attached hydrogens (tertiary/aromatic N) is 2. The van der Waals surface area contributed by atoms with Gasteiger partial charge in [0.15, 0.2) is 0 Å². The summed E-state index contributed by atoms with van der Waals surface area (Å²) in [5.74, 6) is -0.511. The quantitative estimate of drug-likeness (QED) is 0.550. The SMILES string of the molecule is CCCN(C)C(C)C(=O)N[C@@H](Cc1ccc(F)cc1)C(=O)NCc1ccc(N)nc1. The molecule has 1 unspecified atom stereocenters. The molecule has 4 N–H and O–H groups in total. The lowest BCUT2D eigenvalue weighted by molar-refractivity contribution is -0.131. The number of halogens is 1. The number of carbonyl (C=O) groups excluding carboxylic acids is 2. The molecule has 0 aliphatic rings. The maximum atomic E-state index is 13.2. The van der Waals surface area contributed by atoms with E-state index in [-0.39, 0.29) is 36.6 Å². The van der Waals surface area contributed by atoms with Crippen LogP contribution in [0.25, 0.3) is 0 Å². The maximum absolute atomic E-state index is 13.2. The molecule has 2 rings (SSSR count). The van der Waals surface area contributed by atoms with Crippen LogP contribution in [-0.2, 0) is 22.6 Å². The molecule has 0 aliphatic heterocycles. The van der Waals surface area contributed by atoms with Gasteiger partial charge in [-0.1, -0.05) is 25.1 Å². The molecule has 0 saturated heterocycles. The molecule has 2 aromatic rings. The van der Waals surface area contributed by atoms with E-state index >= 15 is 0 Å². The number of carbonyl (C=O) groups is 2. The van der Waals surface area contributed by atoms with Gasteiger partial charge >= 0.3 is 0 Å². The minimum absolute atomic E-state index is 0.234. The average molecular weight is 416 g/mol. The average Bonchev–Trinajstić information content (AvgIpc) is 2.73. The Hall–Kier alpha value is -3.00. The summed E-state index contributed by atoms with van der Waals surface area (Å²) in [6, 6.07) is 8.16. The first kappa shape index (κ1) is 23.3. The van der Waals surface area contributed by atoms with Gasteiger partial charge in [-0.25, -0.2) is 9.37 Å². The molecule has 30 heavy (non-hydrogen) atoms. The highest BCUT2D eigenvalue weighted by Gasteiger charge is 2.25. The first-order valence-electron chi connectivity index (χ1n) is 10.0. The van der Waals surface area contributed by atoms with E-state index in [0.717, 1.165) is 24.1 Å². The normalized spacial score (nSPS) is 13.0. The molecule has 0 radical (unpaired) electrons. The van der Waals surface area contributed by atoms with Crippen LogP contribution in [0, 0.1) is 5.82 Å². The van der Waals surface area contributed by atoms with Crippen molar-refractivity contribution >= 4 is 17.6 Å². The van der Waals surface area contributed by atoms with Crippen molar-refractivity contribution in [3.05, 3.63) is 59.5 Å². The zero-order chi connectivity index (χ0) is 22.1. The van der Waals surface area contributed by atoms with E-state index in [1.807, 2.05) is 18.9 Å². The Morgan fingerprint density at radius 2 is 1.80 bits per heavy atom. The van der Waals surface area contributed by atoms with Crippen LogP contribution in [0.4, 0.5) is 10.2 Å². The van der Waals surface area contributed by atoms with Crippen LogP contribution in [0.1, 0.15) is 31.4 Å². The molecule has 1 heterocycles. The molecule has 0 bridgehead atoms. The van der Waals surface area contributed by atoms with E-state index in [2.05, 4.69) is 15.6 Å². The first-order chi connectivity index (χ1) is 14.3. The number of likely N-dealkylation sites (N-methyl/N-ethyl adjacent to an activating group) is 1. The number of hydrogen-bond acceptors (Lipinski definition) is 5. The zero-order valence-electron chi connectivity index (χ0n) is 17.7. The van der Waals surface area contributed by atoms with Crippen LogP contribution in [0.3, 0.4) is 0 Å². The lowest BCUT2D eigenvalue weighted by Gasteiger charge is -2.26. The summed E-state index contributed by atoms with van der Waals surface area (Å²) in [6.45, 7) is 4.87. The minimum Gasteiger partial charge on any atom is -0.384 e. The predicted octanol–water partition coefficient (Wildman–Crippen LogP) is 1.88.